The smallest absolute Gasteiger partial charge is 0.178 e. The van der Waals surface area contributed by atoms with Gasteiger partial charge in [0.1, 0.15) is 0 Å². The van der Waals surface area contributed by atoms with E-state index in [1.54, 1.807) is 12.1 Å². The summed E-state index contributed by atoms with van der Waals surface area (Å²) in [6, 6.07) is 13.0. The van der Waals surface area contributed by atoms with Crippen LogP contribution in [0.15, 0.2) is 51.5 Å². The molecule has 0 bridgehead atoms. The van der Waals surface area contributed by atoms with Crippen molar-refractivity contribution in [2.75, 3.05) is 5.73 Å². The van der Waals surface area contributed by atoms with E-state index < -0.39 is 0 Å². The fourth-order valence-electron chi connectivity index (χ4n) is 2.06. The van der Waals surface area contributed by atoms with Crippen molar-refractivity contribution in [1.29, 1.82) is 0 Å². The molecule has 0 spiro atoms. The molecule has 2 aromatic carbocycles. The van der Waals surface area contributed by atoms with Crippen LogP contribution in [0, 0.1) is 0 Å². The molecule has 0 aliphatic carbocycles. The summed E-state index contributed by atoms with van der Waals surface area (Å²) in [6.07, 6.45) is 0. The van der Waals surface area contributed by atoms with Gasteiger partial charge in [0.2, 0.25) is 0 Å². The SMILES string of the molecule is Nc1noc(-c2ccccc2Br)c1-c1ccc(Cl)c(Cl)c1. The van der Waals surface area contributed by atoms with Gasteiger partial charge in [0.25, 0.3) is 0 Å². The zero-order valence-electron chi connectivity index (χ0n) is 10.6. The maximum absolute atomic E-state index is 6.08. The fourth-order valence-corrected chi connectivity index (χ4v) is 2.83. The van der Waals surface area contributed by atoms with Gasteiger partial charge in [-0.3, -0.25) is 0 Å². The third kappa shape index (κ3) is 2.67. The first-order valence-electron chi connectivity index (χ1n) is 6.03. The van der Waals surface area contributed by atoms with Crippen LogP contribution in [-0.2, 0) is 0 Å². The molecule has 1 aromatic heterocycles. The van der Waals surface area contributed by atoms with E-state index >= 15 is 0 Å². The minimum Gasteiger partial charge on any atom is -0.380 e. The molecule has 21 heavy (non-hydrogen) atoms. The average Bonchev–Trinajstić information content (AvgIpc) is 2.84. The summed E-state index contributed by atoms with van der Waals surface area (Å²) in [6.45, 7) is 0. The van der Waals surface area contributed by atoms with Gasteiger partial charge in [-0.05, 0) is 29.8 Å². The molecule has 106 valence electrons. The number of rotatable bonds is 2. The van der Waals surface area contributed by atoms with Gasteiger partial charge in [-0.2, -0.15) is 0 Å². The molecule has 0 saturated carbocycles. The standard InChI is InChI=1S/C15H9BrCl2N2O/c16-10-4-2-1-3-9(10)14-13(15(19)20-21-14)8-5-6-11(17)12(18)7-8/h1-7H,(H2,19,20). The van der Waals surface area contributed by atoms with Gasteiger partial charge in [-0.15, -0.1) is 0 Å². The van der Waals surface area contributed by atoms with Crippen LogP contribution < -0.4 is 5.73 Å². The highest BCUT2D eigenvalue weighted by molar-refractivity contribution is 9.10. The molecule has 0 aliphatic heterocycles. The first-order chi connectivity index (χ1) is 10.1. The van der Waals surface area contributed by atoms with Crippen LogP contribution in [0.2, 0.25) is 10.0 Å². The topological polar surface area (TPSA) is 52.0 Å². The van der Waals surface area contributed by atoms with Crippen molar-refractivity contribution in [3.63, 3.8) is 0 Å². The number of nitrogens with two attached hydrogens (primary N) is 1. The highest BCUT2D eigenvalue weighted by atomic mass is 79.9. The Balaban J connectivity index is 2.22. The monoisotopic (exact) mass is 382 g/mol. The van der Waals surface area contributed by atoms with Crippen LogP contribution in [0.5, 0.6) is 0 Å². The number of nitrogen functional groups attached to an aromatic ring is 1. The summed E-state index contributed by atoms with van der Waals surface area (Å²) in [5.41, 5.74) is 8.31. The molecule has 3 aromatic rings. The van der Waals surface area contributed by atoms with Gasteiger partial charge in [-0.1, -0.05) is 62.5 Å². The van der Waals surface area contributed by atoms with Crippen LogP contribution in [0.3, 0.4) is 0 Å². The van der Waals surface area contributed by atoms with Crippen molar-refractivity contribution >= 4 is 44.9 Å². The molecule has 6 heteroatoms. The molecular weight excluding hydrogens is 375 g/mol. The van der Waals surface area contributed by atoms with Crippen molar-refractivity contribution in [1.82, 2.24) is 5.16 Å². The third-order valence-corrected chi connectivity index (χ3v) is 4.48. The van der Waals surface area contributed by atoms with E-state index in [1.807, 2.05) is 30.3 Å². The first kappa shape index (κ1) is 14.4. The van der Waals surface area contributed by atoms with E-state index in [1.165, 1.54) is 0 Å². The van der Waals surface area contributed by atoms with Crippen LogP contribution in [0.25, 0.3) is 22.5 Å². The first-order valence-corrected chi connectivity index (χ1v) is 7.58. The summed E-state index contributed by atoms with van der Waals surface area (Å²) in [4.78, 5) is 0. The van der Waals surface area contributed by atoms with Crippen LogP contribution in [0.4, 0.5) is 5.82 Å². The maximum atomic E-state index is 6.08. The number of nitrogens with zero attached hydrogens (tertiary/aromatic N) is 1. The number of aromatic nitrogens is 1. The molecule has 2 N–H and O–H groups in total. The highest BCUT2D eigenvalue weighted by Gasteiger charge is 2.19. The summed E-state index contributed by atoms with van der Waals surface area (Å²) >= 11 is 15.5. The molecular formula is C15H9BrCl2N2O. The zero-order valence-corrected chi connectivity index (χ0v) is 13.7. The van der Waals surface area contributed by atoms with E-state index in [0.717, 1.165) is 15.6 Å². The van der Waals surface area contributed by atoms with Crippen molar-refractivity contribution in [3.8, 4) is 22.5 Å². The molecule has 3 rings (SSSR count). The van der Waals surface area contributed by atoms with E-state index in [2.05, 4.69) is 21.1 Å². The lowest BCUT2D eigenvalue weighted by atomic mass is 10.0. The van der Waals surface area contributed by atoms with Gasteiger partial charge in [-0.25, -0.2) is 0 Å². The van der Waals surface area contributed by atoms with E-state index in [4.69, 9.17) is 33.5 Å². The number of hydrogen-bond acceptors (Lipinski definition) is 3. The Hall–Kier alpha value is -1.49. The Bertz CT molecular complexity index is 817. The average molecular weight is 384 g/mol. The quantitative estimate of drug-likeness (QED) is 0.621. The lowest BCUT2D eigenvalue weighted by Crippen LogP contribution is -1.89. The summed E-state index contributed by atoms with van der Waals surface area (Å²) in [5.74, 6) is 0.887. The molecule has 0 fully saturated rings. The minimum absolute atomic E-state index is 0.305. The predicted molar refractivity (Wildman–Crippen MR) is 89.5 cm³/mol. The molecule has 1 heterocycles. The zero-order chi connectivity index (χ0) is 15.0. The molecule has 3 nitrogen and oxygen atoms in total. The van der Waals surface area contributed by atoms with Crippen LogP contribution in [-0.4, -0.2) is 5.16 Å². The lowest BCUT2D eigenvalue weighted by molar-refractivity contribution is 0.436. The van der Waals surface area contributed by atoms with Crippen LogP contribution >= 0.6 is 39.1 Å². The second-order valence-electron chi connectivity index (χ2n) is 4.38. The number of benzene rings is 2. The second kappa shape index (κ2) is 5.72. The predicted octanol–water partition coefficient (Wildman–Crippen LogP) is 5.66. The fraction of sp³-hybridized carbons (Fsp3) is 0. The van der Waals surface area contributed by atoms with Gasteiger partial charge in [0.15, 0.2) is 11.6 Å². The largest absolute Gasteiger partial charge is 0.380 e. The summed E-state index contributed by atoms with van der Waals surface area (Å²) in [5, 5.41) is 4.80. The van der Waals surface area contributed by atoms with Gasteiger partial charge in [0.05, 0.1) is 15.6 Å². The molecule has 0 amide bonds. The summed E-state index contributed by atoms with van der Waals surface area (Å²) in [7, 11) is 0. The van der Waals surface area contributed by atoms with Crippen molar-refractivity contribution in [2.45, 2.75) is 0 Å². The van der Waals surface area contributed by atoms with E-state index in [0.29, 0.717) is 27.2 Å². The highest BCUT2D eigenvalue weighted by Crippen LogP contribution is 2.40. The van der Waals surface area contributed by atoms with E-state index in [-0.39, 0.29) is 0 Å². The van der Waals surface area contributed by atoms with E-state index in [9.17, 15) is 0 Å². The molecule has 0 aliphatic rings. The van der Waals surface area contributed by atoms with Crippen molar-refractivity contribution in [3.05, 3.63) is 57.0 Å². The Kier molecular flexibility index (Phi) is 3.93. The van der Waals surface area contributed by atoms with Gasteiger partial charge >= 0.3 is 0 Å². The number of anilines is 1. The second-order valence-corrected chi connectivity index (χ2v) is 6.05. The molecule has 0 atom stereocenters. The molecule has 0 unspecified atom stereocenters. The Morgan fingerprint density at radius 1 is 1.05 bits per heavy atom. The van der Waals surface area contributed by atoms with Gasteiger partial charge < -0.3 is 10.3 Å². The Morgan fingerprint density at radius 3 is 2.52 bits per heavy atom. The maximum Gasteiger partial charge on any atom is 0.178 e. The number of hydrogen-bond donors (Lipinski definition) is 1. The molecule has 0 radical (unpaired) electrons. The Morgan fingerprint density at radius 2 is 1.81 bits per heavy atom. The van der Waals surface area contributed by atoms with Crippen LogP contribution in [0.1, 0.15) is 0 Å². The Labute approximate surface area is 139 Å². The van der Waals surface area contributed by atoms with Crippen molar-refractivity contribution < 1.29 is 4.52 Å². The van der Waals surface area contributed by atoms with Crippen molar-refractivity contribution in [2.24, 2.45) is 0 Å². The lowest BCUT2D eigenvalue weighted by Gasteiger charge is -2.06. The van der Waals surface area contributed by atoms with Gasteiger partial charge in [0, 0.05) is 10.0 Å². The third-order valence-electron chi connectivity index (χ3n) is 3.05. The molecule has 0 saturated heterocycles. The minimum atomic E-state index is 0.305. The number of halogens is 3. The summed E-state index contributed by atoms with van der Waals surface area (Å²) < 4.78 is 6.30. The normalized spacial score (nSPS) is 10.8.